The topological polar surface area (TPSA) is 44.5 Å². The van der Waals surface area contributed by atoms with Crippen LogP contribution in [0.1, 0.15) is 5.56 Å². The number of alkyl halides is 3. The maximum atomic E-state index is 11.7. The molecule has 2 N–H and O–H groups in total. The largest absolute Gasteiger partial charge is 0.465 e. The lowest BCUT2D eigenvalue weighted by molar-refractivity contribution is -0.186. The normalized spacial score (nSPS) is 11.5. The molecule has 1 aromatic carbocycles. The van der Waals surface area contributed by atoms with Gasteiger partial charge in [-0.15, -0.1) is 0 Å². The minimum atomic E-state index is -4.35. The lowest BCUT2D eigenvalue weighted by Gasteiger charge is -2.11. The van der Waals surface area contributed by atoms with Crippen LogP contribution in [0.5, 0.6) is 5.75 Å². The molecule has 0 saturated carbocycles. The smallest absolute Gasteiger partial charge is 0.411 e. The lowest BCUT2D eigenvalue weighted by Crippen LogP contribution is -2.19. The molecule has 16 heavy (non-hydrogen) atoms. The van der Waals surface area contributed by atoms with Gasteiger partial charge in [-0.05, 0) is 24.6 Å². The number of ether oxygens (including phenoxy) is 2. The van der Waals surface area contributed by atoms with Crippen LogP contribution in [0.2, 0.25) is 0 Å². The second-order valence-electron chi connectivity index (χ2n) is 3.27. The Morgan fingerprint density at radius 3 is 2.56 bits per heavy atom. The van der Waals surface area contributed by atoms with Gasteiger partial charge in [-0.25, -0.2) is 0 Å². The van der Waals surface area contributed by atoms with Crippen molar-refractivity contribution >= 4 is 5.69 Å². The van der Waals surface area contributed by atoms with Gasteiger partial charge in [0.2, 0.25) is 0 Å². The zero-order valence-corrected chi connectivity index (χ0v) is 8.67. The van der Waals surface area contributed by atoms with Crippen LogP contribution in [-0.4, -0.2) is 19.6 Å². The Hall–Kier alpha value is -1.43. The number of hydrogen-bond acceptors (Lipinski definition) is 3. The molecule has 1 aromatic rings. The van der Waals surface area contributed by atoms with E-state index in [9.17, 15) is 13.2 Å². The highest BCUT2D eigenvalue weighted by atomic mass is 19.4. The van der Waals surface area contributed by atoms with E-state index in [0.29, 0.717) is 11.4 Å². The van der Waals surface area contributed by atoms with Gasteiger partial charge in [0.1, 0.15) is 12.4 Å². The van der Waals surface area contributed by atoms with Gasteiger partial charge in [-0.3, -0.25) is 0 Å². The van der Waals surface area contributed by atoms with Crippen molar-refractivity contribution in [1.29, 1.82) is 0 Å². The van der Waals surface area contributed by atoms with Crippen LogP contribution in [0.15, 0.2) is 18.2 Å². The van der Waals surface area contributed by atoms with Gasteiger partial charge in [0, 0.05) is 0 Å². The number of nitrogen functional groups attached to an aromatic ring is 1. The van der Waals surface area contributed by atoms with Crippen molar-refractivity contribution in [2.45, 2.75) is 13.1 Å². The number of benzene rings is 1. The molecule has 0 aliphatic heterocycles. The summed E-state index contributed by atoms with van der Waals surface area (Å²) in [6.07, 6.45) is -4.35. The number of rotatable bonds is 4. The fraction of sp³-hybridized carbons (Fsp3) is 0.400. The second-order valence-corrected chi connectivity index (χ2v) is 3.27. The first-order chi connectivity index (χ1) is 7.38. The third kappa shape index (κ3) is 4.39. The van der Waals surface area contributed by atoms with Crippen molar-refractivity contribution < 1.29 is 22.6 Å². The molecule has 0 aliphatic carbocycles. The van der Waals surface area contributed by atoms with Crippen LogP contribution >= 0.6 is 0 Å². The summed E-state index contributed by atoms with van der Waals surface area (Å²) >= 11 is 0. The molecule has 0 aliphatic rings. The first kappa shape index (κ1) is 12.6. The highest BCUT2D eigenvalue weighted by molar-refractivity contribution is 5.53. The summed E-state index contributed by atoms with van der Waals surface area (Å²) in [4.78, 5) is 0. The van der Waals surface area contributed by atoms with E-state index < -0.39 is 19.6 Å². The second kappa shape index (κ2) is 5.07. The van der Waals surface area contributed by atoms with E-state index in [1.165, 1.54) is 0 Å². The van der Waals surface area contributed by atoms with Crippen LogP contribution < -0.4 is 10.5 Å². The number of hydrogen-bond donors (Lipinski definition) is 1. The monoisotopic (exact) mass is 235 g/mol. The van der Waals surface area contributed by atoms with E-state index >= 15 is 0 Å². The molecule has 0 fully saturated rings. The zero-order valence-electron chi connectivity index (χ0n) is 8.67. The minimum Gasteiger partial charge on any atom is -0.465 e. The third-order valence-electron chi connectivity index (χ3n) is 1.73. The molecule has 1 rings (SSSR count). The van der Waals surface area contributed by atoms with E-state index in [0.717, 1.165) is 5.56 Å². The lowest BCUT2D eigenvalue weighted by atomic mass is 10.2. The summed E-state index contributed by atoms with van der Waals surface area (Å²) in [6.45, 7) is 0.0336. The molecule has 0 bridgehead atoms. The number of anilines is 1. The molecule has 3 nitrogen and oxygen atoms in total. The Morgan fingerprint density at radius 1 is 1.31 bits per heavy atom. The summed E-state index contributed by atoms with van der Waals surface area (Å²) in [6, 6.07) is 5.00. The van der Waals surface area contributed by atoms with Crippen molar-refractivity contribution in [3.63, 3.8) is 0 Å². The van der Waals surface area contributed by atoms with Crippen LogP contribution in [0.4, 0.5) is 18.9 Å². The van der Waals surface area contributed by atoms with Gasteiger partial charge in [-0.2, -0.15) is 13.2 Å². The van der Waals surface area contributed by atoms with Crippen LogP contribution in [0.25, 0.3) is 0 Å². The third-order valence-corrected chi connectivity index (χ3v) is 1.73. The Kier molecular flexibility index (Phi) is 4.00. The van der Waals surface area contributed by atoms with E-state index in [-0.39, 0.29) is 0 Å². The predicted molar refractivity (Wildman–Crippen MR) is 53.1 cm³/mol. The van der Waals surface area contributed by atoms with E-state index in [1.54, 1.807) is 18.2 Å². The van der Waals surface area contributed by atoms with Gasteiger partial charge < -0.3 is 15.2 Å². The Bertz CT molecular complexity index is 352. The van der Waals surface area contributed by atoms with Crippen molar-refractivity contribution in [1.82, 2.24) is 0 Å². The molecule has 0 aromatic heterocycles. The maximum Gasteiger partial charge on any atom is 0.411 e. The van der Waals surface area contributed by atoms with Crippen molar-refractivity contribution in [3.8, 4) is 5.75 Å². The Balaban J connectivity index is 2.38. The van der Waals surface area contributed by atoms with Gasteiger partial charge in [-0.1, -0.05) is 6.07 Å². The summed E-state index contributed by atoms with van der Waals surface area (Å²) in [7, 11) is 0. The molecule has 0 radical (unpaired) electrons. The first-order valence-corrected chi connectivity index (χ1v) is 4.52. The minimum absolute atomic E-state index is 0.313. The maximum absolute atomic E-state index is 11.7. The first-order valence-electron chi connectivity index (χ1n) is 4.52. The van der Waals surface area contributed by atoms with Crippen LogP contribution in [-0.2, 0) is 4.74 Å². The average molecular weight is 235 g/mol. The summed E-state index contributed by atoms with van der Waals surface area (Å²) in [5.41, 5.74) is 6.90. The van der Waals surface area contributed by atoms with Gasteiger partial charge >= 0.3 is 6.18 Å². The SMILES string of the molecule is Cc1ccc(OCOCC(F)(F)F)c(N)c1. The standard InChI is InChI=1S/C10H12F3NO2/c1-7-2-3-9(8(14)4-7)16-6-15-5-10(11,12)13/h2-4H,5-6,14H2,1H3. The van der Waals surface area contributed by atoms with E-state index in [4.69, 9.17) is 10.5 Å². The van der Waals surface area contributed by atoms with E-state index in [2.05, 4.69) is 4.74 Å². The molecule has 0 heterocycles. The number of aryl methyl sites for hydroxylation is 1. The van der Waals surface area contributed by atoms with Gasteiger partial charge in [0.25, 0.3) is 0 Å². The molecule has 0 atom stereocenters. The quantitative estimate of drug-likeness (QED) is 0.495. The van der Waals surface area contributed by atoms with Crippen molar-refractivity contribution in [2.75, 3.05) is 19.1 Å². The highest BCUT2D eigenvalue weighted by Gasteiger charge is 2.27. The summed E-state index contributed by atoms with van der Waals surface area (Å²) in [5, 5.41) is 0. The molecule has 0 saturated heterocycles. The van der Waals surface area contributed by atoms with Crippen LogP contribution in [0, 0.1) is 6.92 Å². The Morgan fingerprint density at radius 2 is 2.00 bits per heavy atom. The average Bonchev–Trinajstić information content (AvgIpc) is 2.13. The molecule has 0 amide bonds. The van der Waals surface area contributed by atoms with Gasteiger partial charge in [0.05, 0.1) is 5.69 Å². The van der Waals surface area contributed by atoms with Crippen LogP contribution in [0.3, 0.4) is 0 Å². The summed E-state index contributed by atoms with van der Waals surface area (Å²) in [5.74, 6) is 0.313. The number of nitrogens with two attached hydrogens (primary N) is 1. The Labute approximate surface area is 91.0 Å². The molecular formula is C10H12F3NO2. The molecule has 0 unspecified atom stereocenters. The molecule has 6 heteroatoms. The predicted octanol–water partition coefficient (Wildman–Crippen LogP) is 2.49. The highest BCUT2D eigenvalue weighted by Crippen LogP contribution is 2.22. The van der Waals surface area contributed by atoms with Crippen molar-refractivity contribution in [2.24, 2.45) is 0 Å². The summed E-state index contributed by atoms with van der Waals surface area (Å²) < 4.78 is 44.3. The van der Waals surface area contributed by atoms with Gasteiger partial charge in [0.15, 0.2) is 6.79 Å². The molecule has 0 spiro atoms. The fourth-order valence-corrected chi connectivity index (χ4v) is 1.06. The molecular weight excluding hydrogens is 223 g/mol. The number of halogens is 3. The van der Waals surface area contributed by atoms with E-state index in [1.807, 2.05) is 6.92 Å². The fourth-order valence-electron chi connectivity index (χ4n) is 1.06. The van der Waals surface area contributed by atoms with Crippen molar-refractivity contribution in [3.05, 3.63) is 23.8 Å². The molecule has 90 valence electrons. The zero-order chi connectivity index (χ0) is 12.2.